The van der Waals surface area contributed by atoms with E-state index in [1.807, 2.05) is 18.2 Å². The quantitative estimate of drug-likeness (QED) is 0.415. The number of esters is 1. The number of carbonyl (C=O) groups excluding carboxylic acids is 2. The van der Waals surface area contributed by atoms with Crippen molar-refractivity contribution in [3.63, 3.8) is 0 Å². The second-order valence-corrected chi connectivity index (χ2v) is 7.41. The first-order valence-electron chi connectivity index (χ1n) is 9.16. The number of carbonyl (C=O) groups is 2. The van der Waals surface area contributed by atoms with Gasteiger partial charge in [0.15, 0.2) is 0 Å². The van der Waals surface area contributed by atoms with E-state index in [1.54, 1.807) is 17.7 Å². The van der Waals surface area contributed by atoms with Gasteiger partial charge in [0.05, 0.1) is 12.2 Å². The summed E-state index contributed by atoms with van der Waals surface area (Å²) in [6.07, 6.45) is 1.21. The molecule has 0 saturated heterocycles. The third kappa shape index (κ3) is 5.51. The second-order valence-electron chi connectivity index (χ2n) is 6.64. The first kappa shape index (κ1) is 22.5. The maximum absolute atomic E-state index is 13.1. The molecule has 31 heavy (non-hydrogen) atoms. The van der Waals surface area contributed by atoms with Crippen LogP contribution in [0.25, 0.3) is 6.08 Å². The first-order valence-corrected chi connectivity index (χ1v) is 9.91. The zero-order valence-electron chi connectivity index (χ0n) is 16.4. The number of ether oxygens (including phenoxy) is 1. The molecular formula is C22H18Cl2FN3O3. The number of hydrogen-bond acceptors (Lipinski definition) is 4. The Kier molecular flexibility index (Phi) is 7.09. The molecule has 0 saturated carbocycles. The number of halogens is 3. The summed E-state index contributed by atoms with van der Waals surface area (Å²) in [6.45, 7) is 2.09. The summed E-state index contributed by atoms with van der Waals surface area (Å²) in [5, 5.41) is 5.28. The Balaban J connectivity index is 1.75. The second kappa shape index (κ2) is 9.76. The van der Waals surface area contributed by atoms with E-state index in [4.69, 9.17) is 33.7 Å². The lowest BCUT2D eigenvalue weighted by Gasteiger charge is -2.13. The maximum atomic E-state index is 13.1. The number of benzene rings is 2. The third-order valence-electron chi connectivity index (χ3n) is 4.44. The van der Waals surface area contributed by atoms with Crippen LogP contribution in [0.15, 0.2) is 54.6 Å². The molecule has 3 rings (SSSR count). The number of aromatic nitrogens is 2. The Morgan fingerprint density at radius 3 is 2.52 bits per heavy atom. The van der Waals surface area contributed by atoms with Gasteiger partial charge in [-0.2, -0.15) is 5.10 Å². The predicted molar refractivity (Wildman–Crippen MR) is 116 cm³/mol. The highest BCUT2D eigenvalue weighted by atomic mass is 35.5. The van der Waals surface area contributed by atoms with Crippen LogP contribution < -0.4 is 5.73 Å². The fourth-order valence-electron chi connectivity index (χ4n) is 2.88. The highest BCUT2D eigenvalue weighted by Gasteiger charge is 2.22. The van der Waals surface area contributed by atoms with Gasteiger partial charge in [0, 0.05) is 22.2 Å². The van der Waals surface area contributed by atoms with Gasteiger partial charge in [0.2, 0.25) is 6.10 Å². The molecule has 0 fully saturated rings. The number of primary amides is 1. The highest BCUT2D eigenvalue weighted by molar-refractivity contribution is 6.32. The molecule has 1 aromatic heterocycles. The topological polar surface area (TPSA) is 87.2 Å². The molecule has 3 aromatic rings. The van der Waals surface area contributed by atoms with Crippen molar-refractivity contribution in [2.24, 2.45) is 5.73 Å². The summed E-state index contributed by atoms with van der Waals surface area (Å²) in [4.78, 5) is 23.9. The molecule has 2 aromatic carbocycles. The Morgan fingerprint density at radius 2 is 1.87 bits per heavy atom. The van der Waals surface area contributed by atoms with E-state index < -0.39 is 23.8 Å². The van der Waals surface area contributed by atoms with E-state index in [2.05, 4.69) is 5.10 Å². The number of aryl methyl sites for hydroxylation is 1. The van der Waals surface area contributed by atoms with E-state index in [9.17, 15) is 14.0 Å². The molecule has 0 bridgehead atoms. The van der Waals surface area contributed by atoms with Crippen molar-refractivity contribution in [2.45, 2.75) is 19.6 Å². The molecular weight excluding hydrogens is 444 g/mol. The van der Waals surface area contributed by atoms with Crippen LogP contribution in [-0.4, -0.2) is 21.7 Å². The minimum atomic E-state index is -1.35. The van der Waals surface area contributed by atoms with E-state index in [-0.39, 0.29) is 5.56 Å². The van der Waals surface area contributed by atoms with E-state index >= 15 is 0 Å². The fraction of sp³-hybridized carbons (Fsp3) is 0.136. The summed E-state index contributed by atoms with van der Waals surface area (Å²) in [5.74, 6) is -2.19. The Morgan fingerprint density at radius 1 is 1.19 bits per heavy atom. The molecule has 0 aliphatic carbocycles. The third-order valence-corrected chi connectivity index (χ3v) is 5.21. The van der Waals surface area contributed by atoms with Crippen LogP contribution in [0.2, 0.25) is 10.2 Å². The SMILES string of the molecule is Cc1nn(Cc2ccccc2Cl)c(Cl)c1/C=C/C(=O)OC(C(N)=O)c1ccc(F)cc1. The van der Waals surface area contributed by atoms with Crippen LogP contribution in [0.3, 0.4) is 0 Å². The van der Waals surface area contributed by atoms with E-state index in [1.165, 1.54) is 18.2 Å². The average molecular weight is 462 g/mol. The lowest BCUT2D eigenvalue weighted by atomic mass is 10.1. The molecule has 0 aliphatic heterocycles. The van der Waals surface area contributed by atoms with Gasteiger partial charge in [0.1, 0.15) is 11.0 Å². The van der Waals surface area contributed by atoms with Gasteiger partial charge in [0.25, 0.3) is 5.91 Å². The summed E-state index contributed by atoms with van der Waals surface area (Å²) in [5.41, 5.74) is 7.53. The molecule has 0 radical (unpaired) electrons. The lowest BCUT2D eigenvalue weighted by Crippen LogP contribution is -2.25. The number of nitrogens with two attached hydrogens (primary N) is 1. The van der Waals surface area contributed by atoms with Gasteiger partial charge in [-0.25, -0.2) is 13.9 Å². The molecule has 0 aliphatic rings. The molecule has 1 amide bonds. The standard InChI is InChI=1S/C22H18Cl2FN3O3/c1-13-17(21(24)28(27-13)12-15-4-2-3-5-18(15)23)10-11-19(29)31-20(22(26)30)14-6-8-16(25)9-7-14/h2-11,20H,12H2,1H3,(H2,26,30)/b11-10+. The minimum Gasteiger partial charge on any atom is -0.444 e. The van der Waals surface area contributed by atoms with E-state index in [0.29, 0.717) is 28.0 Å². The van der Waals surface area contributed by atoms with Crippen LogP contribution in [0.5, 0.6) is 0 Å². The summed E-state index contributed by atoms with van der Waals surface area (Å²) in [7, 11) is 0. The molecule has 1 unspecified atom stereocenters. The maximum Gasteiger partial charge on any atom is 0.331 e. The summed E-state index contributed by atoms with van der Waals surface area (Å²) < 4.78 is 19.8. The molecule has 160 valence electrons. The fourth-order valence-corrected chi connectivity index (χ4v) is 3.38. The van der Waals surface area contributed by atoms with Crippen LogP contribution in [0, 0.1) is 12.7 Å². The van der Waals surface area contributed by atoms with Crippen molar-refractivity contribution in [3.8, 4) is 0 Å². The zero-order valence-corrected chi connectivity index (χ0v) is 17.9. The van der Waals surface area contributed by atoms with Crippen LogP contribution in [0.1, 0.15) is 28.5 Å². The molecule has 2 N–H and O–H groups in total. The highest BCUT2D eigenvalue weighted by Crippen LogP contribution is 2.25. The predicted octanol–water partition coefficient (Wildman–Crippen LogP) is 4.47. The summed E-state index contributed by atoms with van der Waals surface area (Å²) in [6, 6.07) is 12.3. The largest absolute Gasteiger partial charge is 0.444 e. The normalized spacial score (nSPS) is 12.1. The molecule has 6 nitrogen and oxygen atoms in total. The number of amides is 1. The smallest absolute Gasteiger partial charge is 0.331 e. The number of nitrogens with zero attached hydrogens (tertiary/aromatic N) is 2. The Labute approximate surface area is 188 Å². The van der Waals surface area contributed by atoms with Gasteiger partial charge >= 0.3 is 5.97 Å². The van der Waals surface area contributed by atoms with Crippen molar-refractivity contribution < 1.29 is 18.7 Å². The van der Waals surface area contributed by atoms with Gasteiger partial charge in [-0.05, 0) is 36.8 Å². The lowest BCUT2D eigenvalue weighted by molar-refractivity contribution is -0.150. The van der Waals surface area contributed by atoms with Crippen LogP contribution in [0.4, 0.5) is 4.39 Å². The molecule has 0 spiro atoms. The van der Waals surface area contributed by atoms with Gasteiger partial charge in [-0.1, -0.05) is 53.5 Å². The van der Waals surface area contributed by atoms with Gasteiger partial charge in [-0.3, -0.25) is 4.79 Å². The number of hydrogen-bond donors (Lipinski definition) is 1. The summed E-state index contributed by atoms with van der Waals surface area (Å²) >= 11 is 12.6. The molecule has 1 atom stereocenters. The average Bonchev–Trinajstić information content (AvgIpc) is 2.99. The van der Waals surface area contributed by atoms with Gasteiger partial charge in [-0.15, -0.1) is 0 Å². The van der Waals surface area contributed by atoms with Crippen molar-refractivity contribution in [2.75, 3.05) is 0 Å². The molecule has 1 heterocycles. The van der Waals surface area contributed by atoms with Crippen LogP contribution >= 0.6 is 23.2 Å². The van der Waals surface area contributed by atoms with Gasteiger partial charge < -0.3 is 10.5 Å². The van der Waals surface area contributed by atoms with Crippen LogP contribution in [-0.2, 0) is 20.9 Å². The van der Waals surface area contributed by atoms with Crippen molar-refractivity contribution >= 4 is 41.2 Å². The first-order chi connectivity index (χ1) is 14.8. The monoisotopic (exact) mass is 461 g/mol. The van der Waals surface area contributed by atoms with Crippen molar-refractivity contribution in [1.82, 2.24) is 9.78 Å². The van der Waals surface area contributed by atoms with E-state index in [0.717, 1.165) is 23.8 Å². The Hall–Kier alpha value is -3.16. The minimum absolute atomic E-state index is 0.262. The molecule has 9 heteroatoms. The zero-order chi connectivity index (χ0) is 22.5. The Bertz CT molecular complexity index is 1140. The number of rotatable bonds is 7. The van der Waals surface area contributed by atoms with Crippen molar-refractivity contribution in [3.05, 3.63) is 93.0 Å². The van der Waals surface area contributed by atoms with Crippen molar-refractivity contribution in [1.29, 1.82) is 0 Å².